The minimum absolute atomic E-state index is 0.0269. The van der Waals surface area contributed by atoms with Gasteiger partial charge in [-0.3, -0.25) is 9.59 Å². The zero-order valence-corrected chi connectivity index (χ0v) is 14.5. The van der Waals surface area contributed by atoms with Crippen molar-refractivity contribution >= 4 is 11.8 Å². The van der Waals surface area contributed by atoms with E-state index in [2.05, 4.69) is 15.5 Å². The maximum absolute atomic E-state index is 12.6. The quantitative estimate of drug-likeness (QED) is 0.607. The van der Waals surface area contributed by atoms with E-state index in [4.69, 9.17) is 0 Å². The summed E-state index contributed by atoms with van der Waals surface area (Å²) >= 11 is 0. The summed E-state index contributed by atoms with van der Waals surface area (Å²) < 4.78 is 1.53. The molecule has 0 atom stereocenters. The van der Waals surface area contributed by atoms with Gasteiger partial charge >= 0.3 is 0 Å². The number of hydrogen-bond acceptors (Lipinski definition) is 5. The second-order valence-corrected chi connectivity index (χ2v) is 5.80. The number of benzene rings is 1. The highest BCUT2D eigenvalue weighted by atomic mass is 16.2. The lowest BCUT2D eigenvalue weighted by Crippen LogP contribution is -2.50. The van der Waals surface area contributed by atoms with E-state index in [1.165, 1.54) is 11.0 Å². The lowest BCUT2D eigenvalue weighted by Gasteiger charge is -2.34. The molecule has 1 aromatic carbocycles. The van der Waals surface area contributed by atoms with Crippen molar-refractivity contribution in [2.45, 2.75) is 6.92 Å². The van der Waals surface area contributed by atoms with E-state index in [1.807, 2.05) is 19.1 Å². The second-order valence-electron chi connectivity index (χ2n) is 5.80. The molecule has 3 rings (SSSR count). The van der Waals surface area contributed by atoms with Gasteiger partial charge in [0.05, 0.1) is 5.69 Å². The molecule has 1 fully saturated rings. The largest absolute Gasteiger partial charge is 0.336 e. The van der Waals surface area contributed by atoms with Gasteiger partial charge in [0.1, 0.15) is 6.33 Å². The molecule has 2 amide bonds. The number of carbonyl (C=O) groups excluding carboxylic acids is 2. The van der Waals surface area contributed by atoms with Crippen LogP contribution in [0.3, 0.4) is 0 Å². The molecule has 0 N–H and O–H groups in total. The van der Waals surface area contributed by atoms with Crippen molar-refractivity contribution < 1.29 is 9.59 Å². The van der Waals surface area contributed by atoms with Gasteiger partial charge in [-0.05, 0) is 41.6 Å². The fraction of sp³-hybridized carbons (Fsp3) is 0.278. The van der Waals surface area contributed by atoms with Crippen LogP contribution in [-0.4, -0.2) is 68.0 Å². The van der Waals surface area contributed by atoms with Crippen molar-refractivity contribution in [3.05, 3.63) is 60.5 Å². The molecule has 1 saturated heterocycles. The molecule has 1 aromatic heterocycles. The fourth-order valence-electron chi connectivity index (χ4n) is 2.70. The molecule has 134 valence electrons. The highest BCUT2D eigenvalue weighted by molar-refractivity contribution is 5.94. The van der Waals surface area contributed by atoms with Gasteiger partial charge in [-0.2, -0.15) is 0 Å². The van der Waals surface area contributed by atoms with Gasteiger partial charge in [0.15, 0.2) is 0 Å². The van der Waals surface area contributed by atoms with E-state index in [0.717, 1.165) is 5.69 Å². The maximum atomic E-state index is 12.6. The molecule has 8 heteroatoms. The predicted octanol–water partition coefficient (Wildman–Crippen LogP) is 1.08. The summed E-state index contributed by atoms with van der Waals surface area (Å²) in [5, 5.41) is 11.0. The van der Waals surface area contributed by atoms with E-state index < -0.39 is 0 Å². The number of tetrazole rings is 1. The number of allylic oxidation sites excluding steroid dienone is 3. The molecule has 0 spiro atoms. The minimum atomic E-state index is -0.0372. The molecule has 0 aliphatic carbocycles. The number of hydrogen-bond donors (Lipinski definition) is 0. The Bertz CT molecular complexity index is 803. The van der Waals surface area contributed by atoms with E-state index in [0.29, 0.717) is 31.7 Å². The van der Waals surface area contributed by atoms with Crippen LogP contribution in [0.1, 0.15) is 17.3 Å². The number of carbonyl (C=O) groups is 2. The topological polar surface area (TPSA) is 84.2 Å². The van der Waals surface area contributed by atoms with Crippen LogP contribution in [0.5, 0.6) is 0 Å². The highest BCUT2D eigenvalue weighted by Crippen LogP contribution is 2.12. The first-order valence-corrected chi connectivity index (χ1v) is 8.40. The standard InChI is InChI=1S/C18H20N6O2/c1-2-3-4-5-17(25)22-10-12-23(13-11-22)18(26)15-6-8-16(9-7-15)24-14-19-20-21-24/h2-9,14H,10-13H2,1H3/b3-2+,5-4+. The Balaban J connectivity index is 1.57. The fourth-order valence-corrected chi connectivity index (χ4v) is 2.70. The summed E-state index contributed by atoms with van der Waals surface area (Å²) in [6, 6.07) is 7.12. The number of amides is 2. The van der Waals surface area contributed by atoms with Crippen LogP contribution in [0.4, 0.5) is 0 Å². The number of piperazine rings is 1. The molecule has 0 radical (unpaired) electrons. The first kappa shape index (κ1) is 17.5. The Morgan fingerprint density at radius 1 is 1.00 bits per heavy atom. The molecule has 26 heavy (non-hydrogen) atoms. The van der Waals surface area contributed by atoms with Crippen LogP contribution < -0.4 is 0 Å². The molecule has 2 aromatic rings. The lowest BCUT2D eigenvalue weighted by atomic mass is 10.1. The van der Waals surface area contributed by atoms with Gasteiger partial charge < -0.3 is 9.80 Å². The summed E-state index contributed by atoms with van der Waals surface area (Å²) in [7, 11) is 0. The SMILES string of the molecule is C/C=C/C=C/C(=O)N1CCN(C(=O)c2ccc(-n3cnnn3)cc2)CC1. The Labute approximate surface area is 151 Å². The second kappa shape index (κ2) is 8.19. The van der Waals surface area contributed by atoms with Crippen LogP contribution in [0.15, 0.2) is 54.9 Å². The van der Waals surface area contributed by atoms with Crippen molar-refractivity contribution in [3.63, 3.8) is 0 Å². The summed E-state index contributed by atoms with van der Waals surface area (Å²) in [5.41, 5.74) is 1.39. The summed E-state index contributed by atoms with van der Waals surface area (Å²) in [5.74, 6) is -0.0641. The zero-order valence-electron chi connectivity index (χ0n) is 14.5. The predicted molar refractivity (Wildman–Crippen MR) is 95.6 cm³/mol. The Morgan fingerprint density at radius 3 is 2.31 bits per heavy atom. The number of aromatic nitrogens is 4. The summed E-state index contributed by atoms with van der Waals surface area (Å²) in [4.78, 5) is 28.2. The Hall–Kier alpha value is -3.29. The molecule has 1 aliphatic heterocycles. The third-order valence-electron chi connectivity index (χ3n) is 4.15. The van der Waals surface area contributed by atoms with Gasteiger partial charge in [-0.25, -0.2) is 4.68 Å². The summed E-state index contributed by atoms with van der Waals surface area (Å²) in [6.07, 6.45) is 8.46. The Kier molecular flexibility index (Phi) is 5.52. The Morgan fingerprint density at radius 2 is 1.69 bits per heavy atom. The number of nitrogens with zero attached hydrogens (tertiary/aromatic N) is 6. The summed E-state index contributed by atoms with van der Waals surface area (Å²) in [6.45, 7) is 4.02. The molecular formula is C18H20N6O2. The first-order valence-electron chi connectivity index (χ1n) is 8.40. The van der Waals surface area contributed by atoms with Gasteiger partial charge in [-0.15, -0.1) is 5.10 Å². The highest BCUT2D eigenvalue weighted by Gasteiger charge is 2.23. The molecule has 0 unspecified atom stereocenters. The van der Waals surface area contributed by atoms with Gasteiger partial charge in [0, 0.05) is 37.8 Å². The van der Waals surface area contributed by atoms with E-state index in [-0.39, 0.29) is 11.8 Å². The van der Waals surface area contributed by atoms with Crippen LogP contribution in [-0.2, 0) is 4.79 Å². The van der Waals surface area contributed by atoms with Crippen molar-refractivity contribution in [2.24, 2.45) is 0 Å². The molecule has 0 bridgehead atoms. The third kappa shape index (κ3) is 4.02. The third-order valence-corrected chi connectivity index (χ3v) is 4.15. The van der Waals surface area contributed by atoms with Crippen LogP contribution in [0.2, 0.25) is 0 Å². The monoisotopic (exact) mass is 352 g/mol. The van der Waals surface area contributed by atoms with E-state index in [9.17, 15) is 9.59 Å². The van der Waals surface area contributed by atoms with Crippen LogP contribution >= 0.6 is 0 Å². The molecular weight excluding hydrogens is 332 g/mol. The van der Waals surface area contributed by atoms with Gasteiger partial charge in [-0.1, -0.05) is 18.2 Å². The van der Waals surface area contributed by atoms with E-state index >= 15 is 0 Å². The van der Waals surface area contributed by atoms with Crippen LogP contribution in [0, 0.1) is 0 Å². The van der Waals surface area contributed by atoms with Crippen molar-refractivity contribution in [2.75, 3.05) is 26.2 Å². The molecule has 2 heterocycles. The van der Waals surface area contributed by atoms with Crippen LogP contribution in [0.25, 0.3) is 5.69 Å². The first-order chi connectivity index (χ1) is 12.7. The molecule has 8 nitrogen and oxygen atoms in total. The average molecular weight is 352 g/mol. The normalized spacial score (nSPS) is 15.1. The van der Waals surface area contributed by atoms with Crippen molar-refractivity contribution in [1.29, 1.82) is 0 Å². The minimum Gasteiger partial charge on any atom is -0.336 e. The average Bonchev–Trinajstić information content (AvgIpc) is 3.23. The maximum Gasteiger partial charge on any atom is 0.253 e. The lowest BCUT2D eigenvalue weighted by molar-refractivity contribution is -0.127. The smallest absolute Gasteiger partial charge is 0.253 e. The van der Waals surface area contributed by atoms with Crippen molar-refractivity contribution in [1.82, 2.24) is 30.0 Å². The molecule has 0 saturated carbocycles. The van der Waals surface area contributed by atoms with Gasteiger partial charge in [0.2, 0.25) is 5.91 Å². The zero-order chi connectivity index (χ0) is 18.4. The van der Waals surface area contributed by atoms with Crippen molar-refractivity contribution in [3.8, 4) is 5.69 Å². The number of rotatable bonds is 4. The molecule has 1 aliphatic rings. The van der Waals surface area contributed by atoms with Gasteiger partial charge in [0.25, 0.3) is 5.91 Å². The van der Waals surface area contributed by atoms with E-state index in [1.54, 1.807) is 46.2 Å².